The molecule has 196 valence electrons. The number of benzene rings is 2. The van der Waals surface area contributed by atoms with Gasteiger partial charge in [0.2, 0.25) is 17.8 Å². The molecule has 0 spiro atoms. The molecule has 4 aromatic rings. The van der Waals surface area contributed by atoms with Gasteiger partial charge in [0.1, 0.15) is 12.4 Å². The molecule has 2 aromatic heterocycles. The van der Waals surface area contributed by atoms with Gasteiger partial charge in [0, 0.05) is 50.7 Å². The van der Waals surface area contributed by atoms with Crippen molar-refractivity contribution in [3.63, 3.8) is 0 Å². The van der Waals surface area contributed by atoms with Gasteiger partial charge in [-0.25, -0.2) is 19.9 Å². The third kappa shape index (κ3) is 6.21. The number of aliphatic hydroxyl groups is 2. The summed E-state index contributed by atoms with van der Waals surface area (Å²) in [6.07, 6.45) is 5.15. The van der Waals surface area contributed by atoms with Crippen LogP contribution in [0.25, 0.3) is 0 Å². The van der Waals surface area contributed by atoms with Gasteiger partial charge in [0.15, 0.2) is 0 Å². The zero-order chi connectivity index (χ0) is 26.5. The molecule has 0 bridgehead atoms. The Kier molecular flexibility index (Phi) is 7.43. The number of nitrogens with zero attached hydrogens (tertiary/aromatic N) is 7. The van der Waals surface area contributed by atoms with Crippen LogP contribution in [-0.4, -0.2) is 66.9 Å². The van der Waals surface area contributed by atoms with Gasteiger partial charge in [0.25, 0.3) is 0 Å². The lowest BCUT2D eigenvalue weighted by Gasteiger charge is -2.34. The summed E-state index contributed by atoms with van der Waals surface area (Å²) in [6.45, 7) is 6.15. The van der Waals surface area contributed by atoms with Crippen LogP contribution in [0.5, 0.6) is 0 Å². The number of anilines is 4. The molecule has 0 amide bonds. The number of hydrogen-bond donors (Lipinski definition) is 3. The van der Waals surface area contributed by atoms with Gasteiger partial charge in [-0.3, -0.25) is 0 Å². The first-order valence-corrected chi connectivity index (χ1v) is 12.7. The van der Waals surface area contributed by atoms with E-state index in [-0.39, 0.29) is 0 Å². The van der Waals surface area contributed by atoms with E-state index < -0.39 is 11.7 Å². The summed E-state index contributed by atoms with van der Waals surface area (Å²) >= 11 is 0. The average molecular weight is 513 g/mol. The molecule has 3 heterocycles. The third-order valence-corrected chi connectivity index (χ3v) is 6.50. The van der Waals surface area contributed by atoms with Gasteiger partial charge >= 0.3 is 0 Å². The number of hydrogen-bond acceptors (Lipinski definition) is 10. The number of aliphatic hydroxyl groups excluding tert-OH is 1. The second-order valence-corrected chi connectivity index (χ2v) is 9.94. The molecule has 1 fully saturated rings. The number of piperazine rings is 1. The minimum Gasteiger partial charge on any atom is -0.387 e. The zero-order valence-corrected chi connectivity index (χ0v) is 21.6. The highest BCUT2D eigenvalue weighted by atomic mass is 16.3. The maximum atomic E-state index is 10.3. The van der Waals surface area contributed by atoms with E-state index in [0.29, 0.717) is 17.5 Å². The van der Waals surface area contributed by atoms with Crippen LogP contribution in [0.1, 0.15) is 36.6 Å². The monoisotopic (exact) mass is 512 g/mol. The van der Waals surface area contributed by atoms with Gasteiger partial charge in [-0.05, 0) is 42.7 Å². The van der Waals surface area contributed by atoms with Crippen LogP contribution in [0.15, 0.2) is 73.3 Å². The summed E-state index contributed by atoms with van der Waals surface area (Å²) < 4.78 is 0. The first-order valence-electron chi connectivity index (χ1n) is 12.7. The van der Waals surface area contributed by atoms with Crippen molar-refractivity contribution in [1.82, 2.24) is 24.9 Å². The molecule has 2 aromatic carbocycles. The lowest BCUT2D eigenvalue weighted by Crippen LogP contribution is -2.47. The Morgan fingerprint density at radius 1 is 0.816 bits per heavy atom. The Labute approximate surface area is 222 Å². The third-order valence-electron chi connectivity index (χ3n) is 6.50. The fourth-order valence-corrected chi connectivity index (χ4v) is 4.33. The SMILES string of the molecule is CC(C)(O)C(O)c1ccc(Nc2ncnc(N3CCN(c4ncc(Cc5ccccc5)cn4)CC3)n2)cc1. The molecule has 1 saturated heterocycles. The standard InChI is InChI=1S/C28H32N8O2/c1-28(2,38)24(37)22-8-10-23(11-9-22)33-25-31-19-32-27(34-25)36-14-12-35(13-15-36)26-29-17-21(18-30-26)16-20-6-4-3-5-7-20/h3-11,17-19,24,37-38H,12-16H2,1-2H3,(H,31,32,33,34). The van der Waals surface area contributed by atoms with Gasteiger partial charge in [-0.1, -0.05) is 42.5 Å². The highest BCUT2D eigenvalue weighted by molar-refractivity contribution is 5.55. The summed E-state index contributed by atoms with van der Waals surface area (Å²) in [5.41, 5.74) is 2.51. The quantitative estimate of drug-likeness (QED) is 0.324. The largest absolute Gasteiger partial charge is 0.387 e. The van der Waals surface area contributed by atoms with E-state index in [1.807, 2.05) is 42.7 Å². The lowest BCUT2D eigenvalue weighted by atomic mass is 9.95. The van der Waals surface area contributed by atoms with Crippen molar-refractivity contribution in [3.05, 3.63) is 90.0 Å². The van der Waals surface area contributed by atoms with E-state index in [9.17, 15) is 10.2 Å². The van der Waals surface area contributed by atoms with Crippen molar-refractivity contribution in [2.45, 2.75) is 32.0 Å². The van der Waals surface area contributed by atoms with Crippen LogP contribution in [0.2, 0.25) is 0 Å². The smallest absolute Gasteiger partial charge is 0.231 e. The topological polar surface area (TPSA) is 123 Å². The molecule has 38 heavy (non-hydrogen) atoms. The molecular formula is C28H32N8O2. The number of rotatable bonds is 8. The summed E-state index contributed by atoms with van der Waals surface area (Å²) in [6, 6.07) is 17.5. The van der Waals surface area contributed by atoms with Crippen LogP contribution < -0.4 is 15.1 Å². The molecule has 0 aliphatic carbocycles. The second kappa shape index (κ2) is 11.1. The Hall–Kier alpha value is -4.15. The van der Waals surface area contributed by atoms with Crippen molar-refractivity contribution < 1.29 is 10.2 Å². The molecule has 1 unspecified atom stereocenters. The Balaban J connectivity index is 1.16. The predicted molar refractivity (Wildman–Crippen MR) is 147 cm³/mol. The molecule has 1 atom stereocenters. The normalized spacial score (nSPS) is 14.8. The average Bonchev–Trinajstić information content (AvgIpc) is 2.94. The second-order valence-electron chi connectivity index (χ2n) is 9.94. The van der Waals surface area contributed by atoms with Gasteiger partial charge in [0.05, 0.1) is 5.60 Å². The summed E-state index contributed by atoms with van der Waals surface area (Å²) in [7, 11) is 0. The Bertz CT molecular complexity index is 1320. The van der Waals surface area contributed by atoms with Crippen molar-refractivity contribution >= 4 is 23.5 Å². The maximum absolute atomic E-state index is 10.3. The molecule has 0 saturated carbocycles. The Morgan fingerprint density at radius 3 is 2.08 bits per heavy atom. The zero-order valence-electron chi connectivity index (χ0n) is 21.6. The van der Waals surface area contributed by atoms with Gasteiger partial charge < -0.3 is 25.3 Å². The maximum Gasteiger partial charge on any atom is 0.231 e. The molecule has 0 radical (unpaired) electrons. The highest BCUT2D eigenvalue weighted by Crippen LogP contribution is 2.27. The minimum atomic E-state index is -1.22. The van der Waals surface area contributed by atoms with Crippen molar-refractivity contribution in [2.24, 2.45) is 0 Å². The highest BCUT2D eigenvalue weighted by Gasteiger charge is 2.26. The van der Waals surface area contributed by atoms with E-state index in [0.717, 1.165) is 49.8 Å². The summed E-state index contributed by atoms with van der Waals surface area (Å²) in [5.74, 6) is 1.78. The molecular weight excluding hydrogens is 480 g/mol. The van der Waals surface area contributed by atoms with Gasteiger partial charge in [-0.15, -0.1) is 0 Å². The first kappa shape index (κ1) is 25.5. The fourth-order valence-electron chi connectivity index (χ4n) is 4.33. The molecule has 10 nitrogen and oxygen atoms in total. The Morgan fingerprint density at radius 2 is 1.45 bits per heavy atom. The first-order chi connectivity index (χ1) is 18.3. The van der Waals surface area contributed by atoms with Crippen LogP contribution in [0.4, 0.5) is 23.5 Å². The molecule has 5 rings (SSSR count). The molecule has 10 heteroatoms. The molecule has 1 aliphatic heterocycles. The van der Waals surface area contributed by atoms with Crippen molar-refractivity contribution in [2.75, 3.05) is 41.3 Å². The summed E-state index contributed by atoms with van der Waals surface area (Å²) in [5, 5.41) is 23.5. The molecule has 3 N–H and O–H groups in total. The van der Waals surface area contributed by atoms with E-state index >= 15 is 0 Å². The van der Waals surface area contributed by atoms with Crippen LogP contribution in [0, 0.1) is 0 Å². The number of aromatic nitrogens is 5. The summed E-state index contributed by atoms with van der Waals surface area (Å²) in [4.78, 5) is 26.7. The van der Waals surface area contributed by atoms with Crippen molar-refractivity contribution in [3.8, 4) is 0 Å². The lowest BCUT2D eigenvalue weighted by molar-refractivity contribution is -0.0496. The van der Waals surface area contributed by atoms with Gasteiger partial charge in [-0.2, -0.15) is 4.98 Å². The minimum absolute atomic E-state index is 0.436. The van der Waals surface area contributed by atoms with Crippen LogP contribution in [0.3, 0.4) is 0 Å². The van der Waals surface area contributed by atoms with E-state index in [1.165, 1.54) is 11.9 Å². The van der Waals surface area contributed by atoms with E-state index in [4.69, 9.17) is 0 Å². The van der Waals surface area contributed by atoms with E-state index in [2.05, 4.69) is 52.2 Å². The number of nitrogens with one attached hydrogen (secondary N) is 1. The van der Waals surface area contributed by atoms with Crippen molar-refractivity contribution in [1.29, 1.82) is 0 Å². The molecule has 1 aliphatic rings. The predicted octanol–water partition coefficient (Wildman–Crippen LogP) is 3.13. The van der Waals surface area contributed by atoms with Crippen LogP contribution >= 0.6 is 0 Å². The van der Waals surface area contributed by atoms with E-state index in [1.54, 1.807) is 26.0 Å². The fraction of sp³-hybridized carbons (Fsp3) is 0.321. The van der Waals surface area contributed by atoms with Crippen LogP contribution in [-0.2, 0) is 6.42 Å².